The molecule has 0 radical (unpaired) electrons. The summed E-state index contributed by atoms with van der Waals surface area (Å²) in [5.74, 6) is 0.733. The molecule has 0 spiro atoms. The van der Waals surface area contributed by atoms with E-state index in [-0.39, 0.29) is 11.9 Å². The number of hydrogen-bond donors (Lipinski definition) is 2. The zero-order valence-electron chi connectivity index (χ0n) is 17.9. The normalized spacial score (nSPS) is 20.0. The van der Waals surface area contributed by atoms with E-state index in [1.807, 2.05) is 48.8 Å². The molecule has 1 saturated heterocycles. The zero-order valence-corrected chi connectivity index (χ0v) is 18.8. The quantitative estimate of drug-likeness (QED) is 0.642. The van der Waals surface area contributed by atoms with Crippen molar-refractivity contribution in [2.24, 2.45) is 5.92 Å². The molecule has 1 aliphatic rings. The number of nitrogens with zero attached hydrogens (tertiary/aromatic N) is 1. The lowest BCUT2D eigenvalue weighted by Crippen LogP contribution is -3.13. The van der Waals surface area contributed by atoms with Gasteiger partial charge in [0.1, 0.15) is 11.0 Å². The molecule has 0 unspecified atom stereocenters. The van der Waals surface area contributed by atoms with Crippen molar-refractivity contribution < 1.29 is 9.69 Å². The fraction of sp³-hybridized carbons (Fsp3) is 0.360. The summed E-state index contributed by atoms with van der Waals surface area (Å²) < 4.78 is 0. The summed E-state index contributed by atoms with van der Waals surface area (Å²) in [6.07, 6.45) is 6.29. The SMILES string of the molecule is Cc1sc(NC(=O)c2ccccc2)c([C@@H](c2cccnc2)[NH+]2CCC(C)CC2)c1C. The molecule has 4 nitrogen and oxygen atoms in total. The van der Waals surface area contributed by atoms with Crippen LogP contribution in [0.15, 0.2) is 54.9 Å². The molecule has 30 heavy (non-hydrogen) atoms. The topological polar surface area (TPSA) is 46.4 Å². The summed E-state index contributed by atoms with van der Waals surface area (Å²) in [5, 5.41) is 4.20. The summed E-state index contributed by atoms with van der Waals surface area (Å²) in [5.41, 5.74) is 4.44. The van der Waals surface area contributed by atoms with Crippen LogP contribution >= 0.6 is 11.3 Å². The predicted octanol–water partition coefficient (Wildman–Crippen LogP) is 4.42. The smallest absolute Gasteiger partial charge is 0.256 e. The number of likely N-dealkylation sites (tertiary alicyclic amines) is 1. The molecule has 1 amide bonds. The van der Waals surface area contributed by atoms with Gasteiger partial charge in [0.2, 0.25) is 0 Å². The number of carbonyl (C=O) groups is 1. The highest BCUT2D eigenvalue weighted by Gasteiger charge is 2.34. The number of nitrogens with one attached hydrogen (secondary N) is 2. The Morgan fingerprint density at radius 3 is 2.53 bits per heavy atom. The number of thiophene rings is 1. The van der Waals surface area contributed by atoms with Crippen LogP contribution in [0.4, 0.5) is 5.00 Å². The van der Waals surface area contributed by atoms with Crippen LogP contribution < -0.4 is 10.2 Å². The van der Waals surface area contributed by atoms with Crippen LogP contribution in [-0.2, 0) is 0 Å². The van der Waals surface area contributed by atoms with E-state index in [1.54, 1.807) is 16.2 Å². The number of anilines is 1. The number of pyridine rings is 1. The van der Waals surface area contributed by atoms with Crippen molar-refractivity contribution in [2.75, 3.05) is 18.4 Å². The molecule has 1 atom stereocenters. The highest BCUT2D eigenvalue weighted by molar-refractivity contribution is 7.16. The summed E-state index contributed by atoms with van der Waals surface area (Å²) in [6.45, 7) is 8.97. The van der Waals surface area contributed by atoms with Crippen molar-refractivity contribution in [1.29, 1.82) is 0 Å². The third kappa shape index (κ3) is 4.32. The Kier molecular flexibility index (Phi) is 6.30. The summed E-state index contributed by atoms with van der Waals surface area (Å²) in [7, 11) is 0. The zero-order chi connectivity index (χ0) is 21.1. The van der Waals surface area contributed by atoms with E-state index >= 15 is 0 Å². The van der Waals surface area contributed by atoms with E-state index in [1.165, 1.54) is 34.4 Å². The van der Waals surface area contributed by atoms with Crippen LogP contribution in [0.2, 0.25) is 0 Å². The fourth-order valence-electron chi connectivity index (χ4n) is 4.42. The molecule has 5 heteroatoms. The Morgan fingerprint density at radius 1 is 1.13 bits per heavy atom. The number of piperidine rings is 1. The van der Waals surface area contributed by atoms with Crippen LogP contribution in [0.3, 0.4) is 0 Å². The van der Waals surface area contributed by atoms with Crippen LogP contribution in [-0.4, -0.2) is 24.0 Å². The van der Waals surface area contributed by atoms with Gasteiger partial charge in [-0.1, -0.05) is 25.1 Å². The molecule has 0 saturated carbocycles. The number of carbonyl (C=O) groups excluding carboxylic acids is 1. The number of amides is 1. The van der Waals surface area contributed by atoms with Crippen molar-refractivity contribution in [1.82, 2.24) is 4.98 Å². The molecule has 4 rings (SSSR count). The average Bonchev–Trinajstić information content (AvgIpc) is 3.04. The summed E-state index contributed by atoms with van der Waals surface area (Å²) in [6, 6.07) is 13.8. The number of benzene rings is 1. The number of hydrogen-bond acceptors (Lipinski definition) is 3. The maximum atomic E-state index is 12.9. The highest BCUT2D eigenvalue weighted by atomic mass is 32.1. The third-order valence-corrected chi connectivity index (χ3v) is 7.46. The minimum Gasteiger partial charge on any atom is -0.325 e. The molecule has 2 aromatic heterocycles. The first-order valence-corrected chi connectivity index (χ1v) is 11.6. The van der Waals surface area contributed by atoms with E-state index in [0.717, 1.165) is 24.0 Å². The lowest BCUT2D eigenvalue weighted by molar-refractivity contribution is -0.931. The maximum absolute atomic E-state index is 12.9. The molecule has 2 N–H and O–H groups in total. The molecule has 1 fully saturated rings. The van der Waals surface area contributed by atoms with E-state index in [0.29, 0.717) is 5.56 Å². The second kappa shape index (κ2) is 9.11. The van der Waals surface area contributed by atoms with Crippen LogP contribution in [0.5, 0.6) is 0 Å². The number of quaternary nitrogens is 1. The van der Waals surface area contributed by atoms with Gasteiger partial charge in [-0.25, -0.2) is 0 Å². The highest BCUT2D eigenvalue weighted by Crippen LogP contribution is 2.38. The lowest BCUT2D eigenvalue weighted by Gasteiger charge is -2.34. The molecule has 1 aliphatic heterocycles. The van der Waals surface area contributed by atoms with Gasteiger partial charge < -0.3 is 10.2 Å². The Bertz CT molecular complexity index is 992. The lowest BCUT2D eigenvalue weighted by atomic mass is 9.91. The number of aryl methyl sites for hydroxylation is 1. The van der Waals surface area contributed by atoms with E-state index in [9.17, 15) is 4.79 Å². The number of aromatic nitrogens is 1. The molecule has 3 heterocycles. The molecular weight excluding hydrogens is 390 g/mol. The predicted molar refractivity (Wildman–Crippen MR) is 123 cm³/mol. The van der Waals surface area contributed by atoms with Crippen LogP contribution in [0.25, 0.3) is 0 Å². The Labute approximate surface area is 183 Å². The fourth-order valence-corrected chi connectivity index (χ4v) is 5.52. The number of rotatable bonds is 5. The van der Waals surface area contributed by atoms with Crippen LogP contribution in [0.1, 0.15) is 57.7 Å². The van der Waals surface area contributed by atoms with Gasteiger partial charge in [0.05, 0.1) is 18.7 Å². The van der Waals surface area contributed by atoms with Gasteiger partial charge in [0.25, 0.3) is 5.91 Å². The summed E-state index contributed by atoms with van der Waals surface area (Å²) in [4.78, 5) is 20.2. The largest absolute Gasteiger partial charge is 0.325 e. The monoisotopic (exact) mass is 420 g/mol. The Balaban J connectivity index is 1.74. The molecule has 156 valence electrons. The van der Waals surface area contributed by atoms with Crippen LogP contribution in [0, 0.1) is 19.8 Å². The molecule has 3 aromatic rings. The van der Waals surface area contributed by atoms with E-state index < -0.39 is 0 Å². The van der Waals surface area contributed by atoms with Gasteiger partial charge in [-0.05, 0) is 62.4 Å². The standard InChI is InChI=1S/C25H29N3OS/c1-17-11-14-28(15-12-17)23(21-10-7-13-26-16-21)22-18(2)19(3)30-25(22)27-24(29)20-8-5-4-6-9-20/h4-10,13,16-17,23H,11-12,14-15H2,1-3H3,(H,27,29)/p+1/t23-/m1/s1. The minimum absolute atomic E-state index is 0.0506. The van der Waals surface area contributed by atoms with Gasteiger partial charge in [-0.2, -0.15) is 0 Å². The van der Waals surface area contributed by atoms with Gasteiger partial charge in [-0.3, -0.25) is 9.78 Å². The van der Waals surface area contributed by atoms with Crippen molar-refractivity contribution >= 4 is 22.2 Å². The van der Waals surface area contributed by atoms with Crippen molar-refractivity contribution in [3.05, 3.63) is 82.0 Å². The Hall–Kier alpha value is -2.50. The third-order valence-electron chi connectivity index (χ3n) is 6.33. The minimum atomic E-state index is -0.0506. The molecule has 0 bridgehead atoms. The van der Waals surface area contributed by atoms with Gasteiger partial charge in [0, 0.05) is 28.4 Å². The average molecular weight is 421 g/mol. The maximum Gasteiger partial charge on any atom is 0.256 e. The second-order valence-electron chi connectivity index (χ2n) is 8.41. The van der Waals surface area contributed by atoms with E-state index in [4.69, 9.17) is 0 Å². The molecular formula is C25H30N3OS+. The Morgan fingerprint density at radius 2 is 1.87 bits per heavy atom. The van der Waals surface area contributed by atoms with Crippen molar-refractivity contribution in [3.8, 4) is 0 Å². The van der Waals surface area contributed by atoms with Gasteiger partial charge in [-0.15, -0.1) is 11.3 Å². The second-order valence-corrected chi connectivity index (χ2v) is 9.63. The first-order valence-electron chi connectivity index (χ1n) is 10.8. The molecule has 0 aliphatic carbocycles. The van der Waals surface area contributed by atoms with Gasteiger partial charge >= 0.3 is 0 Å². The summed E-state index contributed by atoms with van der Waals surface area (Å²) >= 11 is 1.69. The van der Waals surface area contributed by atoms with E-state index in [2.05, 4.69) is 37.1 Å². The molecule has 1 aromatic carbocycles. The first-order chi connectivity index (χ1) is 14.5. The van der Waals surface area contributed by atoms with Gasteiger partial charge in [0.15, 0.2) is 0 Å². The first kappa shape index (κ1) is 20.8. The van der Waals surface area contributed by atoms with Crippen molar-refractivity contribution in [3.63, 3.8) is 0 Å². The van der Waals surface area contributed by atoms with Crippen molar-refractivity contribution in [2.45, 2.75) is 39.7 Å².